The van der Waals surface area contributed by atoms with E-state index in [1.54, 1.807) is 11.8 Å². The number of amides is 2. The van der Waals surface area contributed by atoms with Crippen LogP contribution in [0.5, 0.6) is 0 Å². The highest BCUT2D eigenvalue weighted by atomic mass is 16.4. The number of likely N-dealkylation sites (tertiary alicyclic amines) is 2. The molecule has 0 aliphatic carbocycles. The first-order valence-corrected chi connectivity index (χ1v) is 7.52. The molecule has 2 heterocycles. The summed E-state index contributed by atoms with van der Waals surface area (Å²) >= 11 is 0. The lowest BCUT2D eigenvalue weighted by atomic mass is 9.87. The van der Waals surface area contributed by atoms with Crippen LogP contribution in [-0.4, -0.2) is 65.7 Å². The molecule has 0 radical (unpaired) electrons. The SMILES string of the molecule is CCN1CCCC1CNC(=O)N1CC(C(C)C(=O)O)C1. The molecule has 0 aromatic rings. The lowest BCUT2D eigenvalue weighted by molar-refractivity contribution is -0.144. The van der Waals surface area contributed by atoms with Gasteiger partial charge in [0, 0.05) is 31.6 Å². The summed E-state index contributed by atoms with van der Waals surface area (Å²) in [4.78, 5) is 26.9. The van der Waals surface area contributed by atoms with Gasteiger partial charge in [-0.1, -0.05) is 13.8 Å². The quantitative estimate of drug-likeness (QED) is 0.784. The summed E-state index contributed by atoms with van der Waals surface area (Å²) in [5.41, 5.74) is 0. The van der Waals surface area contributed by atoms with E-state index in [1.807, 2.05) is 0 Å². The molecule has 114 valence electrons. The molecule has 2 fully saturated rings. The predicted octanol–water partition coefficient (Wildman–Crippen LogP) is 0.833. The van der Waals surface area contributed by atoms with Crippen molar-refractivity contribution in [1.29, 1.82) is 0 Å². The molecule has 2 aliphatic rings. The molecule has 6 heteroatoms. The van der Waals surface area contributed by atoms with E-state index in [2.05, 4.69) is 17.1 Å². The topological polar surface area (TPSA) is 72.9 Å². The molecule has 0 aromatic heterocycles. The van der Waals surface area contributed by atoms with E-state index in [9.17, 15) is 9.59 Å². The van der Waals surface area contributed by atoms with Crippen LogP contribution >= 0.6 is 0 Å². The third-order valence-corrected chi connectivity index (χ3v) is 4.69. The molecule has 0 spiro atoms. The van der Waals surface area contributed by atoms with Gasteiger partial charge in [-0.15, -0.1) is 0 Å². The van der Waals surface area contributed by atoms with Crippen molar-refractivity contribution >= 4 is 12.0 Å². The Morgan fingerprint density at radius 3 is 2.70 bits per heavy atom. The van der Waals surface area contributed by atoms with Crippen molar-refractivity contribution in [3.8, 4) is 0 Å². The van der Waals surface area contributed by atoms with Crippen molar-refractivity contribution in [1.82, 2.24) is 15.1 Å². The summed E-state index contributed by atoms with van der Waals surface area (Å²) in [5.74, 6) is -1.05. The number of hydrogen-bond acceptors (Lipinski definition) is 3. The lowest BCUT2D eigenvalue weighted by Gasteiger charge is -2.41. The van der Waals surface area contributed by atoms with E-state index in [1.165, 1.54) is 6.42 Å². The van der Waals surface area contributed by atoms with Crippen LogP contribution in [-0.2, 0) is 4.79 Å². The minimum atomic E-state index is -0.778. The number of likely N-dealkylation sites (N-methyl/N-ethyl adjacent to an activating group) is 1. The van der Waals surface area contributed by atoms with Crippen LogP contribution in [0.3, 0.4) is 0 Å². The van der Waals surface area contributed by atoms with Crippen molar-refractivity contribution in [2.45, 2.75) is 32.7 Å². The molecule has 20 heavy (non-hydrogen) atoms. The Balaban J connectivity index is 1.68. The smallest absolute Gasteiger partial charge is 0.317 e. The van der Waals surface area contributed by atoms with Gasteiger partial charge in [0.2, 0.25) is 0 Å². The molecule has 0 aromatic carbocycles. The second-order valence-electron chi connectivity index (χ2n) is 5.90. The van der Waals surface area contributed by atoms with Gasteiger partial charge in [-0.05, 0) is 25.9 Å². The van der Waals surface area contributed by atoms with E-state index >= 15 is 0 Å². The molecule has 0 saturated carbocycles. The molecule has 2 rings (SSSR count). The molecule has 2 aliphatic heterocycles. The number of rotatable bonds is 5. The summed E-state index contributed by atoms with van der Waals surface area (Å²) in [6.07, 6.45) is 2.35. The highest BCUT2D eigenvalue weighted by Gasteiger charge is 2.37. The largest absolute Gasteiger partial charge is 0.481 e. The Kier molecular flexibility index (Phi) is 4.86. The zero-order valence-electron chi connectivity index (χ0n) is 12.3. The first kappa shape index (κ1) is 15.1. The zero-order valence-corrected chi connectivity index (χ0v) is 12.3. The maximum atomic E-state index is 12.0. The molecule has 2 unspecified atom stereocenters. The monoisotopic (exact) mass is 283 g/mol. The minimum Gasteiger partial charge on any atom is -0.481 e. The molecular formula is C14H25N3O3. The standard InChI is InChI=1S/C14H25N3O3/c1-3-16-6-4-5-12(16)7-15-14(20)17-8-11(9-17)10(2)13(18)19/h10-12H,3-9H2,1-2H3,(H,15,20)(H,18,19). The van der Waals surface area contributed by atoms with E-state index in [0.29, 0.717) is 25.7 Å². The summed E-state index contributed by atoms with van der Waals surface area (Å²) in [6.45, 7) is 7.82. The molecule has 2 amide bonds. The first-order chi connectivity index (χ1) is 9.52. The Morgan fingerprint density at radius 2 is 2.10 bits per heavy atom. The summed E-state index contributed by atoms with van der Waals surface area (Å²) < 4.78 is 0. The number of carboxylic acid groups (broad SMARTS) is 1. The van der Waals surface area contributed by atoms with Crippen LogP contribution in [0, 0.1) is 11.8 Å². The average molecular weight is 283 g/mol. The van der Waals surface area contributed by atoms with Gasteiger partial charge in [0.1, 0.15) is 0 Å². The number of carboxylic acids is 1. The van der Waals surface area contributed by atoms with E-state index in [0.717, 1.165) is 19.5 Å². The summed E-state index contributed by atoms with van der Waals surface area (Å²) in [5, 5.41) is 11.9. The molecule has 2 atom stereocenters. The van der Waals surface area contributed by atoms with Gasteiger partial charge in [-0.3, -0.25) is 9.69 Å². The van der Waals surface area contributed by atoms with Crippen molar-refractivity contribution in [3.63, 3.8) is 0 Å². The summed E-state index contributed by atoms with van der Waals surface area (Å²) in [6, 6.07) is 0.403. The highest BCUT2D eigenvalue weighted by Crippen LogP contribution is 2.24. The number of nitrogens with one attached hydrogen (secondary N) is 1. The molecule has 2 saturated heterocycles. The van der Waals surface area contributed by atoms with E-state index in [4.69, 9.17) is 5.11 Å². The third-order valence-electron chi connectivity index (χ3n) is 4.69. The second kappa shape index (κ2) is 6.43. The highest BCUT2D eigenvalue weighted by molar-refractivity contribution is 5.76. The summed E-state index contributed by atoms with van der Waals surface area (Å²) in [7, 11) is 0. The number of carbonyl (C=O) groups is 2. The van der Waals surface area contributed by atoms with Gasteiger partial charge in [-0.2, -0.15) is 0 Å². The second-order valence-corrected chi connectivity index (χ2v) is 5.90. The van der Waals surface area contributed by atoms with Crippen molar-refractivity contribution in [3.05, 3.63) is 0 Å². The fourth-order valence-corrected chi connectivity index (χ4v) is 3.06. The molecule has 2 N–H and O–H groups in total. The van der Waals surface area contributed by atoms with Crippen molar-refractivity contribution in [2.75, 3.05) is 32.7 Å². The zero-order chi connectivity index (χ0) is 14.7. The van der Waals surface area contributed by atoms with Gasteiger partial charge in [-0.25, -0.2) is 4.79 Å². The van der Waals surface area contributed by atoms with Gasteiger partial charge in [0.05, 0.1) is 5.92 Å². The Bertz CT molecular complexity index is 369. The molecular weight excluding hydrogens is 258 g/mol. The van der Waals surface area contributed by atoms with Gasteiger partial charge >= 0.3 is 12.0 Å². The van der Waals surface area contributed by atoms with E-state index < -0.39 is 5.97 Å². The number of hydrogen-bond donors (Lipinski definition) is 2. The van der Waals surface area contributed by atoms with Gasteiger partial charge in [0.25, 0.3) is 0 Å². The Morgan fingerprint density at radius 1 is 1.40 bits per heavy atom. The minimum absolute atomic E-state index is 0.0539. The van der Waals surface area contributed by atoms with E-state index in [-0.39, 0.29) is 17.9 Å². The predicted molar refractivity (Wildman–Crippen MR) is 75.5 cm³/mol. The van der Waals surface area contributed by atoms with Crippen LogP contribution < -0.4 is 5.32 Å². The maximum absolute atomic E-state index is 12.0. The Labute approximate surface area is 120 Å². The average Bonchev–Trinajstić information content (AvgIpc) is 2.81. The fourth-order valence-electron chi connectivity index (χ4n) is 3.06. The number of carbonyl (C=O) groups excluding carboxylic acids is 1. The molecule has 6 nitrogen and oxygen atoms in total. The van der Waals surface area contributed by atoms with Gasteiger partial charge in [0.15, 0.2) is 0 Å². The van der Waals surface area contributed by atoms with Gasteiger partial charge < -0.3 is 15.3 Å². The third kappa shape index (κ3) is 3.23. The van der Waals surface area contributed by atoms with Crippen LogP contribution in [0.15, 0.2) is 0 Å². The van der Waals surface area contributed by atoms with Crippen LogP contribution in [0.25, 0.3) is 0 Å². The maximum Gasteiger partial charge on any atom is 0.317 e. The van der Waals surface area contributed by atoms with Crippen molar-refractivity contribution < 1.29 is 14.7 Å². The Hall–Kier alpha value is -1.30. The first-order valence-electron chi connectivity index (χ1n) is 7.52. The van der Waals surface area contributed by atoms with Crippen molar-refractivity contribution in [2.24, 2.45) is 11.8 Å². The van der Waals surface area contributed by atoms with Crippen LogP contribution in [0.4, 0.5) is 4.79 Å². The fraction of sp³-hybridized carbons (Fsp3) is 0.857. The normalized spacial score (nSPS) is 25.3. The number of urea groups is 1. The number of aliphatic carboxylic acids is 1. The van der Waals surface area contributed by atoms with Crippen LogP contribution in [0.2, 0.25) is 0 Å². The lowest BCUT2D eigenvalue weighted by Crippen LogP contribution is -2.57. The molecule has 0 bridgehead atoms. The van der Waals surface area contributed by atoms with Crippen LogP contribution in [0.1, 0.15) is 26.7 Å². The number of nitrogens with zero attached hydrogens (tertiary/aromatic N) is 2.